The average molecular weight is 340 g/mol. The Morgan fingerprint density at radius 3 is 3.05 bits per heavy atom. The number of hydrogen-bond donors (Lipinski definition) is 1. The predicted molar refractivity (Wildman–Crippen MR) is 77.8 cm³/mol. The van der Waals surface area contributed by atoms with E-state index in [9.17, 15) is 4.39 Å². The van der Waals surface area contributed by atoms with Crippen molar-refractivity contribution in [1.29, 1.82) is 0 Å². The number of fused-ring (bicyclic) bond motifs is 1. The maximum Gasteiger partial charge on any atom is 0.193 e. The molecule has 98 valence electrons. The summed E-state index contributed by atoms with van der Waals surface area (Å²) in [5.41, 5.74) is 7.46. The van der Waals surface area contributed by atoms with Gasteiger partial charge in [-0.25, -0.2) is 9.37 Å². The Balaban J connectivity index is 1.84. The Bertz CT molecular complexity index is 693. The zero-order chi connectivity index (χ0) is 13.4. The first-order valence-electron chi connectivity index (χ1n) is 5.75. The van der Waals surface area contributed by atoms with E-state index in [2.05, 4.69) is 20.9 Å². The predicted octanol–water partition coefficient (Wildman–Crippen LogP) is 3.54. The van der Waals surface area contributed by atoms with E-state index in [0.717, 1.165) is 10.7 Å². The molecule has 0 bridgehead atoms. The molecular weight excluding hydrogens is 329 g/mol. The molecule has 6 heteroatoms. The quantitative estimate of drug-likeness (QED) is 0.793. The number of halogens is 2. The van der Waals surface area contributed by atoms with Crippen LogP contribution >= 0.6 is 27.3 Å². The molecule has 0 saturated carbocycles. The minimum atomic E-state index is -0.391. The van der Waals surface area contributed by atoms with Gasteiger partial charge in [0.2, 0.25) is 0 Å². The highest BCUT2D eigenvalue weighted by atomic mass is 79.9. The molecule has 2 aromatic heterocycles. The van der Waals surface area contributed by atoms with E-state index in [1.807, 2.05) is 22.2 Å². The average Bonchev–Trinajstić information content (AvgIpc) is 2.89. The molecule has 3 nitrogen and oxygen atoms in total. The van der Waals surface area contributed by atoms with E-state index in [1.165, 1.54) is 6.07 Å². The van der Waals surface area contributed by atoms with E-state index in [4.69, 9.17) is 5.73 Å². The summed E-state index contributed by atoms with van der Waals surface area (Å²) >= 11 is 4.80. The Morgan fingerprint density at radius 1 is 1.47 bits per heavy atom. The zero-order valence-corrected chi connectivity index (χ0v) is 12.3. The molecule has 0 fully saturated rings. The van der Waals surface area contributed by atoms with Crippen LogP contribution in [0.3, 0.4) is 0 Å². The molecule has 19 heavy (non-hydrogen) atoms. The van der Waals surface area contributed by atoms with Crippen LogP contribution in [0.25, 0.3) is 4.96 Å². The topological polar surface area (TPSA) is 43.3 Å². The summed E-state index contributed by atoms with van der Waals surface area (Å²) in [6.45, 7) is 0. The molecule has 2 N–H and O–H groups in total. The van der Waals surface area contributed by atoms with Gasteiger partial charge in [0, 0.05) is 40.3 Å². The van der Waals surface area contributed by atoms with Gasteiger partial charge in [0.15, 0.2) is 4.96 Å². The monoisotopic (exact) mass is 339 g/mol. The molecule has 2 heterocycles. The highest BCUT2D eigenvalue weighted by molar-refractivity contribution is 9.10. The minimum Gasteiger partial charge on any atom is -0.324 e. The highest BCUT2D eigenvalue weighted by Gasteiger charge is 2.14. The molecule has 0 spiro atoms. The SMILES string of the molecule is NC(Cc1cn2ccsc2n1)c1ccc(Br)cc1F. The van der Waals surface area contributed by atoms with Gasteiger partial charge in [-0.2, -0.15) is 0 Å². The molecule has 0 aliphatic rings. The number of nitrogens with zero attached hydrogens (tertiary/aromatic N) is 2. The Morgan fingerprint density at radius 2 is 2.32 bits per heavy atom. The summed E-state index contributed by atoms with van der Waals surface area (Å²) in [4.78, 5) is 5.38. The van der Waals surface area contributed by atoms with E-state index in [0.29, 0.717) is 16.5 Å². The molecule has 0 aliphatic carbocycles. The lowest BCUT2D eigenvalue weighted by molar-refractivity contribution is 0.578. The van der Waals surface area contributed by atoms with Crippen molar-refractivity contribution in [2.24, 2.45) is 5.73 Å². The number of thiazole rings is 1. The van der Waals surface area contributed by atoms with Crippen molar-refractivity contribution in [3.05, 3.63) is 57.5 Å². The lowest BCUT2D eigenvalue weighted by Crippen LogP contribution is -2.15. The van der Waals surface area contributed by atoms with Crippen LogP contribution in [-0.4, -0.2) is 9.38 Å². The molecule has 3 rings (SSSR count). The molecule has 0 amide bonds. The number of imidazole rings is 1. The Kier molecular flexibility index (Phi) is 3.38. The van der Waals surface area contributed by atoms with Gasteiger partial charge in [-0.15, -0.1) is 11.3 Å². The normalized spacial score (nSPS) is 13.0. The van der Waals surface area contributed by atoms with Gasteiger partial charge in [-0.3, -0.25) is 4.40 Å². The van der Waals surface area contributed by atoms with Crippen LogP contribution < -0.4 is 5.73 Å². The van der Waals surface area contributed by atoms with Crippen LogP contribution in [0, 0.1) is 5.82 Å². The maximum atomic E-state index is 13.8. The van der Waals surface area contributed by atoms with Crippen molar-refractivity contribution >= 4 is 32.2 Å². The number of benzene rings is 1. The smallest absolute Gasteiger partial charge is 0.193 e. The number of rotatable bonds is 3. The molecule has 3 aromatic rings. The van der Waals surface area contributed by atoms with Crippen LogP contribution in [0.5, 0.6) is 0 Å². The van der Waals surface area contributed by atoms with E-state index >= 15 is 0 Å². The first-order chi connectivity index (χ1) is 9.13. The molecule has 0 radical (unpaired) electrons. The summed E-state index contributed by atoms with van der Waals surface area (Å²) in [5.74, 6) is -0.289. The van der Waals surface area contributed by atoms with E-state index < -0.39 is 6.04 Å². The fourth-order valence-electron chi connectivity index (χ4n) is 2.01. The molecule has 1 aromatic carbocycles. The van der Waals surface area contributed by atoms with Crippen molar-refractivity contribution in [2.75, 3.05) is 0 Å². The van der Waals surface area contributed by atoms with Gasteiger partial charge >= 0.3 is 0 Å². The first kappa shape index (κ1) is 12.8. The Hall–Kier alpha value is -1.24. The van der Waals surface area contributed by atoms with Gasteiger partial charge in [0.25, 0.3) is 0 Å². The fraction of sp³-hybridized carbons (Fsp3) is 0.154. The lowest BCUT2D eigenvalue weighted by Gasteiger charge is -2.11. The van der Waals surface area contributed by atoms with E-state index in [-0.39, 0.29) is 5.82 Å². The van der Waals surface area contributed by atoms with Gasteiger partial charge in [-0.1, -0.05) is 22.0 Å². The second-order valence-electron chi connectivity index (χ2n) is 4.30. The molecular formula is C13H11BrFN3S. The summed E-state index contributed by atoms with van der Waals surface area (Å²) in [5, 5.41) is 1.97. The molecule has 0 saturated heterocycles. The van der Waals surface area contributed by atoms with Gasteiger partial charge in [0.05, 0.1) is 5.69 Å². The lowest BCUT2D eigenvalue weighted by atomic mass is 10.0. The minimum absolute atomic E-state index is 0.289. The third kappa shape index (κ3) is 2.56. The van der Waals surface area contributed by atoms with Crippen LogP contribution in [-0.2, 0) is 6.42 Å². The van der Waals surface area contributed by atoms with E-state index in [1.54, 1.807) is 23.5 Å². The Labute approximate surface area is 122 Å². The van der Waals surface area contributed by atoms with Crippen LogP contribution in [0.4, 0.5) is 4.39 Å². The van der Waals surface area contributed by atoms with Crippen LogP contribution in [0.1, 0.15) is 17.3 Å². The zero-order valence-electron chi connectivity index (χ0n) is 9.88. The van der Waals surface area contributed by atoms with Crippen molar-refractivity contribution in [1.82, 2.24) is 9.38 Å². The maximum absolute atomic E-state index is 13.8. The van der Waals surface area contributed by atoms with Gasteiger partial charge in [0.1, 0.15) is 5.82 Å². The number of hydrogen-bond acceptors (Lipinski definition) is 3. The molecule has 0 aliphatic heterocycles. The van der Waals surface area contributed by atoms with Crippen molar-refractivity contribution in [3.8, 4) is 0 Å². The highest BCUT2D eigenvalue weighted by Crippen LogP contribution is 2.23. The largest absolute Gasteiger partial charge is 0.324 e. The van der Waals surface area contributed by atoms with Gasteiger partial charge < -0.3 is 5.73 Å². The first-order valence-corrected chi connectivity index (χ1v) is 7.42. The van der Waals surface area contributed by atoms with Crippen LogP contribution in [0.15, 0.2) is 40.4 Å². The number of nitrogens with two attached hydrogens (primary N) is 1. The standard InChI is InChI=1S/C13H11BrFN3S/c14-8-1-2-10(11(15)5-8)12(16)6-9-7-18-3-4-19-13(18)17-9/h1-5,7,12H,6,16H2. The van der Waals surface area contributed by atoms with Crippen LogP contribution in [0.2, 0.25) is 0 Å². The van der Waals surface area contributed by atoms with Crippen molar-refractivity contribution in [2.45, 2.75) is 12.5 Å². The van der Waals surface area contributed by atoms with Crippen molar-refractivity contribution < 1.29 is 4.39 Å². The summed E-state index contributed by atoms with van der Waals surface area (Å²) in [6.07, 6.45) is 4.40. The third-order valence-corrected chi connectivity index (χ3v) is 4.20. The second kappa shape index (κ2) is 5.03. The molecule has 1 atom stereocenters. The van der Waals surface area contributed by atoms with Crippen molar-refractivity contribution in [3.63, 3.8) is 0 Å². The summed E-state index contributed by atoms with van der Waals surface area (Å²) in [7, 11) is 0. The fourth-order valence-corrected chi connectivity index (χ4v) is 3.06. The summed E-state index contributed by atoms with van der Waals surface area (Å²) in [6, 6.07) is 4.55. The molecule has 1 unspecified atom stereocenters. The summed E-state index contributed by atoms with van der Waals surface area (Å²) < 4.78 is 16.5. The number of aromatic nitrogens is 2. The second-order valence-corrected chi connectivity index (χ2v) is 6.09. The third-order valence-electron chi connectivity index (χ3n) is 2.93. The van der Waals surface area contributed by atoms with Gasteiger partial charge in [-0.05, 0) is 12.1 Å².